The number of para-hydroxylation sites is 1. The first-order valence-electron chi connectivity index (χ1n) is 9.23. The Morgan fingerprint density at radius 2 is 1.81 bits per heavy atom. The van der Waals surface area contributed by atoms with Crippen LogP contribution >= 0.6 is 12.2 Å². The molecule has 0 radical (unpaired) electrons. The second kappa shape index (κ2) is 7.48. The lowest BCUT2D eigenvalue weighted by Crippen LogP contribution is -2.32. The molecule has 4 rings (SSSR count). The van der Waals surface area contributed by atoms with E-state index in [1.165, 1.54) is 12.8 Å². The normalized spacial score (nSPS) is 14.5. The molecule has 0 saturated heterocycles. The Morgan fingerprint density at radius 1 is 1.11 bits per heavy atom. The van der Waals surface area contributed by atoms with Crippen LogP contribution < -0.4 is 10.9 Å². The van der Waals surface area contributed by atoms with Crippen LogP contribution in [-0.4, -0.2) is 21.5 Å². The minimum atomic E-state index is -0.114. The summed E-state index contributed by atoms with van der Waals surface area (Å²) >= 11 is 5.36. The number of aromatic amines is 1. The summed E-state index contributed by atoms with van der Waals surface area (Å²) in [6.07, 6.45) is 4.50. The van der Waals surface area contributed by atoms with Crippen LogP contribution in [0.25, 0.3) is 10.9 Å². The van der Waals surface area contributed by atoms with Crippen LogP contribution in [0, 0.1) is 4.77 Å². The highest BCUT2D eigenvalue weighted by Gasteiger charge is 2.17. The largest absolute Gasteiger partial charge is 0.349 e. The van der Waals surface area contributed by atoms with Crippen molar-refractivity contribution in [3.8, 4) is 0 Å². The molecular formula is C21H21N3O2S. The zero-order valence-corrected chi connectivity index (χ0v) is 15.7. The van der Waals surface area contributed by atoms with E-state index in [0.717, 1.165) is 23.9 Å². The van der Waals surface area contributed by atoms with Crippen molar-refractivity contribution in [2.75, 3.05) is 0 Å². The molecule has 0 spiro atoms. The molecule has 27 heavy (non-hydrogen) atoms. The highest BCUT2D eigenvalue weighted by atomic mass is 32.1. The molecule has 1 aliphatic carbocycles. The molecule has 1 heterocycles. The van der Waals surface area contributed by atoms with E-state index in [-0.39, 0.29) is 11.5 Å². The molecule has 5 nitrogen and oxygen atoms in total. The van der Waals surface area contributed by atoms with Crippen LogP contribution in [0.3, 0.4) is 0 Å². The molecular weight excluding hydrogens is 358 g/mol. The van der Waals surface area contributed by atoms with Crippen LogP contribution in [0.4, 0.5) is 0 Å². The first kappa shape index (κ1) is 17.7. The fourth-order valence-corrected chi connectivity index (χ4v) is 3.88. The van der Waals surface area contributed by atoms with E-state index in [9.17, 15) is 9.59 Å². The van der Waals surface area contributed by atoms with Crippen molar-refractivity contribution in [3.63, 3.8) is 0 Å². The topological polar surface area (TPSA) is 66.9 Å². The molecule has 2 N–H and O–H groups in total. The van der Waals surface area contributed by atoms with E-state index in [4.69, 9.17) is 12.2 Å². The fraction of sp³-hybridized carbons (Fsp3) is 0.286. The average Bonchev–Trinajstić information content (AvgIpc) is 3.18. The van der Waals surface area contributed by atoms with E-state index in [1.54, 1.807) is 22.8 Å². The van der Waals surface area contributed by atoms with Gasteiger partial charge in [-0.2, -0.15) is 0 Å². The quantitative estimate of drug-likeness (QED) is 0.678. The summed E-state index contributed by atoms with van der Waals surface area (Å²) in [7, 11) is 0. The van der Waals surface area contributed by atoms with Crippen molar-refractivity contribution < 1.29 is 4.79 Å². The minimum absolute atomic E-state index is 0.0337. The number of benzene rings is 2. The number of amides is 1. The summed E-state index contributed by atoms with van der Waals surface area (Å²) in [6.45, 7) is 0.365. The van der Waals surface area contributed by atoms with Gasteiger partial charge in [0.15, 0.2) is 4.77 Å². The third-order valence-electron chi connectivity index (χ3n) is 5.14. The van der Waals surface area contributed by atoms with Gasteiger partial charge in [-0.1, -0.05) is 37.1 Å². The van der Waals surface area contributed by atoms with Crippen LogP contribution in [-0.2, 0) is 6.54 Å². The van der Waals surface area contributed by atoms with Gasteiger partial charge in [0.2, 0.25) is 0 Å². The standard InChI is InChI=1S/C21H21N3O2S/c25-19(22-16-5-1-2-6-16)15-11-9-14(10-12-15)13-24-20(26)17-7-3-4-8-18(17)23-21(24)27/h3-4,7-12,16H,1-2,5-6,13H2,(H,22,25)(H,23,27). The highest BCUT2D eigenvalue weighted by Crippen LogP contribution is 2.18. The summed E-state index contributed by atoms with van der Waals surface area (Å²) in [6, 6.07) is 15.0. The zero-order chi connectivity index (χ0) is 18.8. The lowest BCUT2D eigenvalue weighted by molar-refractivity contribution is 0.0938. The lowest BCUT2D eigenvalue weighted by Gasteiger charge is -2.12. The van der Waals surface area contributed by atoms with E-state index in [2.05, 4.69) is 10.3 Å². The number of H-pyrrole nitrogens is 1. The molecule has 1 aromatic heterocycles. The molecule has 138 valence electrons. The third kappa shape index (κ3) is 3.71. The second-order valence-electron chi connectivity index (χ2n) is 7.02. The first-order chi connectivity index (χ1) is 13.1. The minimum Gasteiger partial charge on any atom is -0.349 e. The number of hydrogen-bond acceptors (Lipinski definition) is 3. The number of fused-ring (bicyclic) bond motifs is 1. The highest BCUT2D eigenvalue weighted by molar-refractivity contribution is 7.71. The van der Waals surface area contributed by atoms with Crippen molar-refractivity contribution >= 4 is 29.0 Å². The Bertz CT molecular complexity index is 1090. The number of rotatable bonds is 4. The monoisotopic (exact) mass is 379 g/mol. The van der Waals surface area contributed by atoms with Gasteiger partial charge < -0.3 is 10.3 Å². The van der Waals surface area contributed by atoms with Gasteiger partial charge in [0.25, 0.3) is 11.5 Å². The third-order valence-corrected chi connectivity index (χ3v) is 5.46. The lowest BCUT2D eigenvalue weighted by atomic mass is 10.1. The van der Waals surface area contributed by atoms with E-state index in [1.807, 2.05) is 30.3 Å². The Hall–Kier alpha value is -2.73. The second-order valence-corrected chi connectivity index (χ2v) is 7.41. The van der Waals surface area contributed by atoms with Crippen molar-refractivity contribution in [2.45, 2.75) is 38.3 Å². The van der Waals surface area contributed by atoms with Gasteiger partial charge in [-0.25, -0.2) is 0 Å². The van der Waals surface area contributed by atoms with E-state index in [0.29, 0.717) is 28.3 Å². The van der Waals surface area contributed by atoms with Gasteiger partial charge in [-0.15, -0.1) is 0 Å². The Labute approximate surface area is 162 Å². The predicted octanol–water partition coefficient (Wildman–Crippen LogP) is 3.78. The summed E-state index contributed by atoms with van der Waals surface area (Å²) < 4.78 is 1.94. The van der Waals surface area contributed by atoms with E-state index < -0.39 is 0 Å². The number of carbonyl (C=O) groups is 1. The molecule has 1 aliphatic rings. The predicted molar refractivity (Wildman–Crippen MR) is 109 cm³/mol. The molecule has 0 bridgehead atoms. The molecule has 0 unspecified atom stereocenters. The molecule has 1 fully saturated rings. The molecule has 1 amide bonds. The average molecular weight is 379 g/mol. The maximum absolute atomic E-state index is 12.7. The molecule has 3 aromatic rings. The molecule has 2 aromatic carbocycles. The smallest absolute Gasteiger partial charge is 0.262 e. The maximum Gasteiger partial charge on any atom is 0.262 e. The van der Waals surface area contributed by atoms with E-state index >= 15 is 0 Å². The molecule has 1 saturated carbocycles. The van der Waals surface area contributed by atoms with Crippen molar-refractivity contribution in [1.29, 1.82) is 0 Å². The van der Waals surface area contributed by atoms with Crippen LogP contribution in [0.15, 0.2) is 53.3 Å². The zero-order valence-electron chi connectivity index (χ0n) is 14.9. The van der Waals surface area contributed by atoms with Crippen LogP contribution in [0.2, 0.25) is 0 Å². The molecule has 0 aliphatic heterocycles. The fourth-order valence-electron chi connectivity index (χ4n) is 3.63. The SMILES string of the molecule is O=C(NC1CCCC1)c1ccc(Cn2c(=S)[nH]c3ccccc3c2=O)cc1. The van der Waals surface area contributed by atoms with Gasteiger partial charge in [-0.05, 0) is 54.9 Å². The number of nitrogens with zero attached hydrogens (tertiary/aromatic N) is 1. The van der Waals surface area contributed by atoms with Crippen molar-refractivity contribution in [3.05, 3.63) is 74.8 Å². The Balaban J connectivity index is 1.55. The van der Waals surface area contributed by atoms with Crippen molar-refractivity contribution in [1.82, 2.24) is 14.9 Å². The molecule has 6 heteroatoms. The first-order valence-corrected chi connectivity index (χ1v) is 9.64. The Morgan fingerprint density at radius 3 is 2.56 bits per heavy atom. The maximum atomic E-state index is 12.7. The van der Waals surface area contributed by atoms with Gasteiger partial charge in [0, 0.05) is 11.6 Å². The van der Waals surface area contributed by atoms with Gasteiger partial charge in [0.1, 0.15) is 0 Å². The number of nitrogens with one attached hydrogen (secondary N) is 2. The van der Waals surface area contributed by atoms with Gasteiger partial charge >= 0.3 is 0 Å². The van der Waals surface area contributed by atoms with Crippen molar-refractivity contribution in [2.24, 2.45) is 0 Å². The number of aromatic nitrogens is 2. The Kier molecular flexibility index (Phi) is 4.90. The van der Waals surface area contributed by atoms with Gasteiger partial charge in [0.05, 0.1) is 17.4 Å². The number of hydrogen-bond donors (Lipinski definition) is 2. The van der Waals surface area contributed by atoms with Gasteiger partial charge in [-0.3, -0.25) is 14.2 Å². The summed E-state index contributed by atoms with van der Waals surface area (Å²) in [4.78, 5) is 28.2. The molecule has 0 atom stereocenters. The van der Waals surface area contributed by atoms with Crippen LogP contribution in [0.5, 0.6) is 0 Å². The summed E-state index contributed by atoms with van der Waals surface area (Å²) in [5.74, 6) is -0.0337. The van der Waals surface area contributed by atoms with Crippen LogP contribution in [0.1, 0.15) is 41.6 Å². The summed E-state index contributed by atoms with van der Waals surface area (Å²) in [5.41, 5.74) is 2.19. The number of carbonyl (C=O) groups excluding carboxylic acids is 1. The summed E-state index contributed by atoms with van der Waals surface area (Å²) in [5, 5.41) is 3.70.